The van der Waals surface area contributed by atoms with E-state index < -0.39 is 0 Å². The molecule has 0 radical (unpaired) electrons. The summed E-state index contributed by atoms with van der Waals surface area (Å²) in [6, 6.07) is 0. The molecule has 1 amide bonds. The van der Waals surface area contributed by atoms with Crippen LogP contribution in [0.3, 0.4) is 0 Å². The average molecular weight is 296 g/mol. The van der Waals surface area contributed by atoms with Crippen molar-refractivity contribution in [3.05, 3.63) is 0 Å². The molecule has 0 N–H and O–H groups in total. The molecule has 0 aromatic rings. The van der Waals surface area contributed by atoms with E-state index in [1.807, 2.05) is 11.8 Å². The third kappa shape index (κ3) is 6.06. The molecule has 0 atom stereocenters. The number of likely N-dealkylation sites (tertiary alicyclic amines) is 1. The maximum absolute atomic E-state index is 12.1. The predicted octanol–water partition coefficient (Wildman–Crippen LogP) is 3.71. The number of hydrogen-bond acceptors (Lipinski definition) is 3. The van der Waals surface area contributed by atoms with Gasteiger partial charge in [0.15, 0.2) is 0 Å². The molecule has 4 nitrogen and oxygen atoms in total. The van der Waals surface area contributed by atoms with Gasteiger partial charge in [0, 0.05) is 18.5 Å². The molecule has 1 heterocycles. The molecule has 0 aromatic heterocycles. The van der Waals surface area contributed by atoms with Gasteiger partial charge in [-0.05, 0) is 31.6 Å². The van der Waals surface area contributed by atoms with Gasteiger partial charge in [0.05, 0.1) is 12.1 Å². The number of nitrogens with zero attached hydrogens (tertiary/aromatic N) is 2. The summed E-state index contributed by atoms with van der Waals surface area (Å²) in [5, 5.41) is 4.09. The number of carbonyl (C=O) groups is 1. The van der Waals surface area contributed by atoms with E-state index in [4.69, 9.17) is 4.84 Å². The molecule has 4 heteroatoms. The molecule has 0 unspecified atom stereocenters. The first-order valence-corrected chi connectivity index (χ1v) is 8.16. The largest absolute Gasteiger partial charge is 0.395 e. The fourth-order valence-corrected chi connectivity index (χ4v) is 2.39. The zero-order valence-corrected chi connectivity index (χ0v) is 14.6. The summed E-state index contributed by atoms with van der Waals surface area (Å²) in [6.07, 6.45) is 2.68. The van der Waals surface area contributed by atoms with Crippen LogP contribution in [0.4, 0.5) is 0 Å². The smallest absolute Gasteiger partial charge is 0.226 e. The van der Waals surface area contributed by atoms with E-state index in [1.54, 1.807) is 0 Å². The molecule has 1 fully saturated rings. The van der Waals surface area contributed by atoms with Crippen molar-refractivity contribution < 1.29 is 9.63 Å². The lowest BCUT2D eigenvalue weighted by Crippen LogP contribution is -2.39. The van der Waals surface area contributed by atoms with E-state index in [0.717, 1.165) is 43.5 Å². The molecule has 0 bridgehead atoms. The van der Waals surface area contributed by atoms with Crippen LogP contribution in [0.15, 0.2) is 5.16 Å². The predicted molar refractivity (Wildman–Crippen MR) is 87.3 cm³/mol. The molecule has 0 spiro atoms. The van der Waals surface area contributed by atoms with Crippen molar-refractivity contribution in [3.63, 3.8) is 0 Å². The highest BCUT2D eigenvalue weighted by atomic mass is 16.6. The van der Waals surface area contributed by atoms with E-state index in [9.17, 15) is 4.79 Å². The Labute approximate surface area is 129 Å². The summed E-state index contributed by atoms with van der Waals surface area (Å²) in [6.45, 7) is 14.9. The zero-order chi connectivity index (χ0) is 16.0. The van der Waals surface area contributed by atoms with Crippen molar-refractivity contribution in [2.24, 2.45) is 22.4 Å². The number of piperidine rings is 1. The minimum absolute atomic E-state index is 0.0166. The number of carbonyl (C=O) groups excluding carboxylic acids is 1. The van der Waals surface area contributed by atoms with Crippen molar-refractivity contribution in [1.82, 2.24) is 4.90 Å². The molecule has 1 aliphatic rings. The molecule has 0 aliphatic carbocycles. The van der Waals surface area contributed by atoms with Gasteiger partial charge in [-0.15, -0.1) is 0 Å². The molecular weight excluding hydrogens is 264 g/mol. The van der Waals surface area contributed by atoms with Gasteiger partial charge in [-0.1, -0.05) is 39.8 Å². The monoisotopic (exact) mass is 296 g/mol. The molecule has 0 saturated carbocycles. The summed E-state index contributed by atoms with van der Waals surface area (Å²) in [5.74, 6) is 1.69. The summed E-state index contributed by atoms with van der Waals surface area (Å²) in [7, 11) is 0. The summed E-state index contributed by atoms with van der Waals surface area (Å²) < 4.78 is 0. The maximum atomic E-state index is 12.1. The van der Waals surface area contributed by atoms with Crippen molar-refractivity contribution >= 4 is 11.6 Å². The van der Waals surface area contributed by atoms with Gasteiger partial charge < -0.3 is 9.74 Å². The van der Waals surface area contributed by atoms with Gasteiger partial charge in [-0.3, -0.25) is 4.79 Å². The number of rotatable bonds is 5. The van der Waals surface area contributed by atoms with Crippen LogP contribution in [0, 0.1) is 17.3 Å². The lowest BCUT2D eigenvalue weighted by molar-refractivity contribution is -0.133. The van der Waals surface area contributed by atoms with Gasteiger partial charge >= 0.3 is 0 Å². The highest BCUT2D eigenvalue weighted by Gasteiger charge is 2.24. The van der Waals surface area contributed by atoms with Gasteiger partial charge in [0.1, 0.15) is 6.61 Å². The Balaban J connectivity index is 2.27. The first kappa shape index (κ1) is 18.0. The van der Waals surface area contributed by atoms with Crippen molar-refractivity contribution in [3.8, 4) is 0 Å². The van der Waals surface area contributed by atoms with Gasteiger partial charge in [0.25, 0.3) is 0 Å². The zero-order valence-electron chi connectivity index (χ0n) is 14.6. The normalized spacial score (nSPS) is 18.2. The fraction of sp³-hybridized carbons (Fsp3) is 0.882. The standard InChI is InChI=1S/C17H32N2O2/c1-13(2)15-7-10-19(11-8-15)16(20)9-12-21-18-14(3)17(4,5)6/h13,15H,7-12H2,1-6H3/b18-14-. The summed E-state index contributed by atoms with van der Waals surface area (Å²) >= 11 is 0. The average Bonchev–Trinajstić information content (AvgIpc) is 2.42. The van der Waals surface area contributed by atoms with E-state index in [2.05, 4.69) is 39.8 Å². The van der Waals surface area contributed by atoms with Crippen LogP contribution in [0.5, 0.6) is 0 Å². The van der Waals surface area contributed by atoms with Crippen LogP contribution in [-0.4, -0.2) is 36.2 Å². The minimum Gasteiger partial charge on any atom is -0.395 e. The second kappa shape index (κ2) is 7.81. The molecule has 1 rings (SSSR count). The highest BCUT2D eigenvalue weighted by Crippen LogP contribution is 2.24. The molecule has 0 aromatic carbocycles. The Hall–Kier alpha value is -1.06. The van der Waals surface area contributed by atoms with Crippen LogP contribution in [-0.2, 0) is 9.63 Å². The van der Waals surface area contributed by atoms with Crippen LogP contribution in [0.1, 0.15) is 60.8 Å². The Kier molecular flexibility index (Phi) is 6.69. The molecule has 1 aliphatic heterocycles. The Bertz CT molecular complexity index is 361. The number of oxime groups is 1. The van der Waals surface area contributed by atoms with E-state index in [-0.39, 0.29) is 11.3 Å². The number of amides is 1. The van der Waals surface area contributed by atoms with Crippen LogP contribution in [0.25, 0.3) is 0 Å². The van der Waals surface area contributed by atoms with E-state index in [0.29, 0.717) is 13.0 Å². The maximum Gasteiger partial charge on any atom is 0.226 e. The Morgan fingerprint density at radius 2 is 1.86 bits per heavy atom. The first-order chi connectivity index (χ1) is 9.71. The van der Waals surface area contributed by atoms with Crippen molar-refractivity contribution in [1.29, 1.82) is 0 Å². The van der Waals surface area contributed by atoms with E-state index in [1.165, 1.54) is 0 Å². The van der Waals surface area contributed by atoms with Crippen LogP contribution >= 0.6 is 0 Å². The van der Waals surface area contributed by atoms with Gasteiger partial charge in [0.2, 0.25) is 5.91 Å². The molecule has 21 heavy (non-hydrogen) atoms. The Morgan fingerprint density at radius 3 is 2.33 bits per heavy atom. The SMILES string of the molecule is C/C(=N/OCCC(=O)N1CCC(C(C)C)CC1)C(C)(C)C. The Morgan fingerprint density at radius 1 is 1.29 bits per heavy atom. The van der Waals surface area contributed by atoms with Gasteiger partial charge in [-0.2, -0.15) is 0 Å². The second-order valence-electron chi connectivity index (χ2n) is 7.47. The van der Waals surface area contributed by atoms with E-state index >= 15 is 0 Å². The van der Waals surface area contributed by atoms with Gasteiger partial charge in [-0.25, -0.2) is 0 Å². The van der Waals surface area contributed by atoms with Crippen molar-refractivity contribution in [2.75, 3.05) is 19.7 Å². The summed E-state index contributed by atoms with van der Waals surface area (Å²) in [4.78, 5) is 19.4. The third-order valence-corrected chi connectivity index (χ3v) is 4.53. The van der Waals surface area contributed by atoms with Crippen molar-refractivity contribution in [2.45, 2.75) is 60.8 Å². The molecule has 122 valence electrons. The molecule has 1 saturated heterocycles. The second-order valence-corrected chi connectivity index (χ2v) is 7.47. The summed E-state index contributed by atoms with van der Waals surface area (Å²) in [5.41, 5.74) is 0.968. The topological polar surface area (TPSA) is 41.9 Å². The third-order valence-electron chi connectivity index (χ3n) is 4.53. The lowest BCUT2D eigenvalue weighted by atomic mass is 9.86. The minimum atomic E-state index is 0.0166. The molecular formula is C17H32N2O2. The first-order valence-electron chi connectivity index (χ1n) is 8.16. The fourth-order valence-electron chi connectivity index (χ4n) is 2.39. The lowest BCUT2D eigenvalue weighted by Gasteiger charge is -2.33. The highest BCUT2D eigenvalue weighted by molar-refractivity contribution is 5.86. The number of hydrogen-bond donors (Lipinski definition) is 0. The van der Waals surface area contributed by atoms with Crippen LogP contribution < -0.4 is 0 Å². The van der Waals surface area contributed by atoms with Crippen LogP contribution in [0.2, 0.25) is 0 Å². The quantitative estimate of drug-likeness (QED) is 0.441.